The van der Waals surface area contributed by atoms with Crippen LogP contribution in [0.15, 0.2) is 53.5 Å². The van der Waals surface area contributed by atoms with Gasteiger partial charge in [0.2, 0.25) is 5.91 Å². The number of carbonyl (C=O) groups is 1. The molecule has 1 saturated heterocycles. The van der Waals surface area contributed by atoms with Gasteiger partial charge in [0, 0.05) is 26.1 Å². The van der Waals surface area contributed by atoms with Crippen LogP contribution >= 0.6 is 24.0 Å². The summed E-state index contributed by atoms with van der Waals surface area (Å²) in [5, 5.41) is 6.52. The average Bonchev–Trinajstić information content (AvgIpc) is 3.17. The van der Waals surface area contributed by atoms with Gasteiger partial charge in [0.05, 0.1) is 13.1 Å². The van der Waals surface area contributed by atoms with Gasteiger partial charge in [0.25, 0.3) is 0 Å². The lowest BCUT2D eigenvalue weighted by Gasteiger charge is -2.18. The van der Waals surface area contributed by atoms with E-state index in [1.54, 1.807) is 12.1 Å². The maximum atomic E-state index is 13.0. The van der Waals surface area contributed by atoms with Gasteiger partial charge in [-0.25, -0.2) is 9.38 Å². The highest BCUT2D eigenvalue weighted by molar-refractivity contribution is 14.0. The Kier molecular flexibility index (Phi) is 10.7. The Morgan fingerprint density at radius 2 is 1.81 bits per heavy atom. The fourth-order valence-corrected chi connectivity index (χ4v) is 3.38. The molecule has 1 aliphatic rings. The van der Waals surface area contributed by atoms with Crippen LogP contribution in [0.4, 0.5) is 4.39 Å². The van der Waals surface area contributed by atoms with E-state index in [2.05, 4.69) is 39.9 Å². The lowest BCUT2D eigenvalue weighted by atomic mass is 10.1. The first-order chi connectivity index (χ1) is 15.0. The smallest absolute Gasteiger partial charge is 0.222 e. The van der Waals surface area contributed by atoms with Crippen molar-refractivity contribution < 1.29 is 13.9 Å². The Hall–Kier alpha value is -2.36. The lowest BCUT2D eigenvalue weighted by Crippen LogP contribution is -2.41. The van der Waals surface area contributed by atoms with E-state index < -0.39 is 0 Å². The number of rotatable bonds is 9. The Morgan fingerprint density at radius 1 is 1.12 bits per heavy atom. The number of guanidine groups is 1. The topological polar surface area (TPSA) is 66.0 Å². The molecule has 6 nitrogen and oxygen atoms in total. The maximum Gasteiger partial charge on any atom is 0.222 e. The van der Waals surface area contributed by atoms with E-state index in [9.17, 15) is 9.18 Å². The summed E-state index contributed by atoms with van der Waals surface area (Å²) >= 11 is 0. The molecule has 0 aromatic heterocycles. The largest absolute Gasteiger partial charge is 0.489 e. The van der Waals surface area contributed by atoms with E-state index in [0.717, 1.165) is 30.6 Å². The zero-order chi connectivity index (χ0) is 22.1. The highest BCUT2D eigenvalue weighted by Crippen LogP contribution is 2.15. The monoisotopic (exact) mass is 554 g/mol. The van der Waals surface area contributed by atoms with Crippen LogP contribution in [0, 0.1) is 5.82 Å². The number of nitrogens with one attached hydrogen (secondary N) is 2. The van der Waals surface area contributed by atoms with Crippen molar-refractivity contribution in [2.24, 2.45) is 4.99 Å². The first kappa shape index (κ1) is 25.9. The second kappa shape index (κ2) is 13.2. The second-order valence-corrected chi connectivity index (χ2v) is 7.69. The van der Waals surface area contributed by atoms with E-state index >= 15 is 0 Å². The molecule has 0 aliphatic carbocycles. The van der Waals surface area contributed by atoms with Gasteiger partial charge in [-0.3, -0.25) is 4.79 Å². The first-order valence-corrected chi connectivity index (χ1v) is 10.8. The molecule has 1 amide bonds. The van der Waals surface area contributed by atoms with Gasteiger partial charge in [0.1, 0.15) is 17.7 Å². The number of carbonyl (C=O) groups excluding carboxylic acids is 1. The van der Waals surface area contributed by atoms with Crippen molar-refractivity contribution in [3.8, 4) is 5.75 Å². The molecule has 3 rings (SSSR count). The number of hydrogen-bond acceptors (Lipinski definition) is 3. The van der Waals surface area contributed by atoms with E-state index in [0.29, 0.717) is 37.8 Å². The molecule has 0 saturated carbocycles. The van der Waals surface area contributed by atoms with Crippen LogP contribution in [-0.4, -0.2) is 42.5 Å². The third-order valence-electron chi connectivity index (χ3n) is 5.04. The number of amides is 1. The van der Waals surface area contributed by atoms with Crippen LogP contribution in [0.5, 0.6) is 5.75 Å². The van der Waals surface area contributed by atoms with E-state index in [1.807, 2.05) is 18.7 Å². The van der Waals surface area contributed by atoms with Gasteiger partial charge >= 0.3 is 0 Å². The molecule has 2 N–H and O–H groups in total. The fourth-order valence-electron chi connectivity index (χ4n) is 3.38. The number of benzene rings is 2. The zero-order valence-corrected chi connectivity index (χ0v) is 21.0. The molecular formula is C24H32FIN4O2. The Bertz CT molecular complexity index is 875. The van der Waals surface area contributed by atoms with Crippen LogP contribution in [0.25, 0.3) is 0 Å². The van der Waals surface area contributed by atoms with E-state index in [1.165, 1.54) is 12.1 Å². The van der Waals surface area contributed by atoms with Gasteiger partial charge in [-0.1, -0.05) is 24.3 Å². The minimum atomic E-state index is -0.280. The van der Waals surface area contributed by atoms with Crippen molar-refractivity contribution in [2.75, 3.05) is 19.6 Å². The number of hydrogen-bond donors (Lipinski definition) is 2. The van der Waals surface area contributed by atoms with Gasteiger partial charge in [-0.05, 0) is 55.7 Å². The number of halogens is 2. The van der Waals surface area contributed by atoms with Gasteiger partial charge < -0.3 is 20.3 Å². The van der Waals surface area contributed by atoms with Crippen molar-refractivity contribution in [3.05, 3.63) is 65.5 Å². The lowest BCUT2D eigenvalue weighted by molar-refractivity contribution is -0.128. The molecular weight excluding hydrogens is 522 g/mol. The molecule has 2 aromatic rings. The van der Waals surface area contributed by atoms with Gasteiger partial charge in [-0.15, -0.1) is 24.0 Å². The molecule has 0 bridgehead atoms. The van der Waals surface area contributed by atoms with Crippen LogP contribution < -0.4 is 15.4 Å². The third-order valence-corrected chi connectivity index (χ3v) is 5.04. The van der Waals surface area contributed by atoms with Gasteiger partial charge in [-0.2, -0.15) is 0 Å². The molecule has 0 radical (unpaired) electrons. The first-order valence-electron chi connectivity index (χ1n) is 10.8. The summed E-state index contributed by atoms with van der Waals surface area (Å²) in [6.07, 6.45) is 1.52. The summed E-state index contributed by atoms with van der Waals surface area (Å²) in [6.45, 7) is 7.36. The molecule has 1 heterocycles. The van der Waals surface area contributed by atoms with Gasteiger partial charge in [0.15, 0.2) is 5.96 Å². The second-order valence-electron chi connectivity index (χ2n) is 7.69. The van der Waals surface area contributed by atoms with Crippen LogP contribution in [0.1, 0.15) is 37.8 Å². The van der Waals surface area contributed by atoms with Crippen LogP contribution in [-0.2, 0) is 17.9 Å². The minimum absolute atomic E-state index is 0. The Balaban J connectivity index is 0.00000363. The third kappa shape index (κ3) is 8.29. The summed E-state index contributed by atoms with van der Waals surface area (Å²) < 4.78 is 18.8. The molecule has 0 spiro atoms. The highest BCUT2D eigenvalue weighted by Gasteiger charge is 2.19. The molecule has 1 unspecified atom stereocenters. The predicted octanol–water partition coefficient (Wildman–Crippen LogP) is 4.09. The quantitative estimate of drug-likeness (QED) is 0.279. The normalized spacial score (nSPS) is 14.7. The zero-order valence-electron chi connectivity index (χ0n) is 18.6. The molecule has 174 valence electrons. The molecule has 1 aliphatic heterocycles. The SMILES string of the molecule is CCNC(=NCc1ccc(CN2CCCC2=O)cc1)NCC(C)Oc1ccc(F)cc1.I. The minimum Gasteiger partial charge on any atom is -0.489 e. The molecule has 1 atom stereocenters. The standard InChI is InChI=1S/C24H31FN4O2.HI/c1-3-26-24(27-15-18(2)31-22-12-10-21(25)11-13-22)28-16-19-6-8-20(9-7-19)17-29-14-4-5-23(29)30;/h6-13,18H,3-5,14-17H2,1-2H3,(H2,26,27,28);1H. The fraction of sp³-hybridized carbons (Fsp3) is 0.417. The summed E-state index contributed by atoms with van der Waals surface area (Å²) in [5.41, 5.74) is 2.24. The van der Waals surface area contributed by atoms with Crippen LogP contribution in [0.2, 0.25) is 0 Å². The summed E-state index contributed by atoms with van der Waals surface area (Å²) in [5.74, 6) is 1.31. The van der Waals surface area contributed by atoms with E-state index in [4.69, 9.17) is 4.74 Å². The summed E-state index contributed by atoms with van der Waals surface area (Å²) in [6, 6.07) is 14.3. The number of aliphatic imine (C=N–C) groups is 1. The summed E-state index contributed by atoms with van der Waals surface area (Å²) in [7, 11) is 0. The average molecular weight is 554 g/mol. The number of likely N-dealkylation sites (tertiary alicyclic amines) is 1. The van der Waals surface area contributed by atoms with Crippen molar-refractivity contribution in [3.63, 3.8) is 0 Å². The Morgan fingerprint density at radius 3 is 2.44 bits per heavy atom. The van der Waals surface area contributed by atoms with Crippen molar-refractivity contribution in [2.45, 2.75) is 45.9 Å². The molecule has 1 fully saturated rings. The number of nitrogens with zero attached hydrogens (tertiary/aromatic N) is 2. The van der Waals surface area contributed by atoms with Crippen molar-refractivity contribution >= 4 is 35.8 Å². The van der Waals surface area contributed by atoms with E-state index in [-0.39, 0.29) is 41.8 Å². The van der Waals surface area contributed by atoms with Crippen molar-refractivity contribution in [1.29, 1.82) is 0 Å². The van der Waals surface area contributed by atoms with Crippen LogP contribution in [0.3, 0.4) is 0 Å². The molecule has 32 heavy (non-hydrogen) atoms. The molecule has 8 heteroatoms. The number of ether oxygens (including phenoxy) is 1. The highest BCUT2D eigenvalue weighted by atomic mass is 127. The van der Waals surface area contributed by atoms with Crippen molar-refractivity contribution in [1.82, 2.24) is 15.5 Å². The predicted molar refractivity (Wildman–Crippen MR) is 136 cm³/mol. The maximum absolute atomic E-state index is 13.0. The Labute approximate surface area is 206 Å². The summed E-state index contributed by atoms with van der Waals surface area (Å²) in [4.78, 5) is 18.3. The molecule has 2 aromatic carbocycles.